The van der Waals surface area contributed by atoms with Gasteiger partial charge in [0.1, 0.15) is 13.2 Å². The lowest BCUT2D eigenvalue weighted by molar-refractivity contribution is -0.870. The molecule has 0 fully saturated rings. The van der Waals surface area contributed by atoms with Crippen LogP contribution in [0.25, 0.3) is 0 Å². The second kappa shape index (κ2) is 64.9. The van der Waals surface area contributed by atoms with Gasteiger partial charge in [0.25, 0.3) is 0 Å². The lowest BCUT2D eigenvalue weighted by Crippen LogP contribution is -2.45. The van der Waals surface area contributed by atoms with Gasteiger partial charge in [-0.1, -0.05) is 336 Å². The lowest BCUT2D eigenvalue weighted by Gasteiger charge is -2.25. The van der Waals surface area contributed by atoms with Gasteiger partial charge in [0.2, 0.25) is 5.91 Å². The molecule has 1 amide bonds. The van der Waals surface area contributed by atoms with E-state index < -0.39 is 20.0 Å². The highest BCUT2D eigenvalue weighted by Crippen LogP contribution is 2.43. The van der Waals surface area contributed by atoms with E-state index >= 15 is 0 Å². The Hall–Kier alpha value is -2.58. The summed E-state index contributed by atoms with van der Waals surface area (Å²) < 4.78 is 23.8. The van der Waals surface area contributed by atoms with Crippen molar-refractivity contribution in [2.24, 2.45) is 0 Å². The summed E-state index contributed by atoms with van der Waals surface area (Å²) in [6.45, 7) is 4.73. The summed E-state index contributed by atoms with van der Waals surface area (Å²) in [5.74, 6) is -0.177. The average molecular weight is 1190 g/mol. The van der Waals surface area contributed by atoms with Crippen molar-refractivity contribution < 1.29 is 32.9 Å². The normalized spacial score (nSPS) is 14.2. The molecule has 488 valence electrons. The lowest BCUT2D eigenvalue weighted by atomic mass is 10.0. The maximum atomic E-state index is 13.1. The zero-order valence-corrected chi connectivity index (χ0v) is 56.8. The van der Waals surface area contributed by atoms with Crippen molar-refractivity contribution in [1.29, 1.82) is 0 Å². The number of nitrogens with one attached hydrogen (secondary N) is 1. The second-order valence-electron chi connectivity index (χ2n) is 25.2. The molecule has 3 unspecified atom stereocenters. The molecule has 0 aromatic carbocycles. The SMILES string of the molecule is CC/C=C\C/C=C\C/C=C\C/C=C\C/C=C\C/C=C\C/C=C\CCCCCCCCCCCCCCCC(=O)NC(COP(=O)(O)OCC[N+](C)(C)C)C(O)/C=C/CCCCCCCCCCCCCCCCCCCCCCCCCCC. The third-order valence-corrected chi connectivity index (χ3v) is 16.8. The smallest absolute Gasteiger partial charge is 0.387 e. The standard InChI is InChI=1S/C75H137N2O6P/c1-6-8-10-12-14-16-18-20-22-24-26-28-30-32-34-35-36-37-38-39-40-41-43-45-47-49-51-53-55-57-59-61-63-65-67-69-75(79)76-73(72-83-84(80,81)82-71-70-77(3,4)5)74(78)68-66-64-62-60-58-56-54-52-50-48-46-44-42-33-31-29-27-25-23-21-19-17-15-13-11-9-7-2/h8,10,14,16,20,22,26,28,32,34,36-37,39-40,66,68,73-74,78H,6-7,9,11-13,15,17-19,21,23-25,27,29-31,33,35,38,41-65,67,69-72H2,1-5H3,(H-,76,79,80,81)/p+1/b10-8-,16-14-,22-20-,28-26-,34-32-,37-36-,40-39-,68-66+. The van der Waals surface area contributed by atoms with Gasteiger partial charge in [-0.05, 0) is 77.0 Å². The number of likely N-dealkylation sites (N-methyl/N-ethyl adjacent to an activating group) is 1. The molecule has 0 aromatic heterocycles. The molecule has 0 spiro atoms. The molecule has 0 radical (unpaired) electrons. The molecule has 84 heavy (non-hydrogen) atoms. The number of rotatable bonds is 65. The van der Waals surface area contributed by atoms with E-state index in [9.17, 15) is 19.4 Å². The molecule has 8 nitrogen and oxygen atoms in total. The van der Waals surface area contributed by atoms with Gasteiger partial charge < -0.3 is 19.8 Å². The summed E-state index contributed by atoms with van der Waals surface area (Å²) >= 11 is 0. The van der Waals surface area contributed by atoms with E-state index in [4.69, 9.17) is 9.05 Å². The number of hydrogen-bond acceptors (Lipinski definition) is 5. The zero-order valence-electron chi connectivity index (χ0n) is 55.9. The Morgan fingerprint density at radius 1 is 0.417 bits per heavy atom. The number of hydrogen-bond donors (Lipinski definition) is 3. The number of quaternary nitrogens is 1. The number of nitrogens with zero attached hydrogens (tertiary/aromatic N) is 1. The molecular weight excluding hydrogens is 1060 g/mol. The van der Waals surface area contributed by atoms with Crippen molar-refractivity contribution in [3.63, 3.8) is 0 Å². The van der Waals surface area contributed by atoms with Gasteiger partial charge in [-0.25, -0.2) is 4.57 Å². The number of aliphatic hydroxyl groups is 1. The van der Waals surface area contributed by atoms with Crippen LogP contribution in [0.15, 0.2) is 97.2 Å². The largest absolute Gasteiger partial charge is 0.472 e. The Bertz CT molecular complexity index is 1690. The third-order valence-electron chi connectivity index (χ3n) is 15.8. The molecule has 3 atom stereocenters. The minimum absolute atomic E-state index is 0.0587. The van der Waals surface area contributed by atoms with Gasteiger partial charge in [0.05, 0.1) is 39.9 Å². The Morgan fingerprint density at radius 3 is 1.05 bits per heavy atom. The Morgan fingerprint density at radius 2 is 0.714 bits per heavy atom. The number of phosphoric ester groups is 1. The van der Waals surface area contributed by atoms with Crippen molar-refractivity contribution in [2.75, 3.05) is 40.9 Å². The summed E-state index contributed by atoms with van der Waals surface area (Å²) in [7, 11) is 1.57. The molecule has 0 aliphatic rings. The minimum atomic E-state index is -4.36. The topological polar surface area (TPSA) is 105 Å². The average Bonchev–Trinajstić information content (AvgIpc) is 3.56. The first-order valence-electron chi connectivity index (χ1n) is 35.6. The van der Waals surface area contributed by atoms with Gasteiger partial charge >= 0.3 is 7.82 Å². The first-order valence-corrected chi connectivity index (χ1v) is 37.1. The third kappa shape index (κ3) is 66.9. The van der Waals surface area contributed by atoms with Crippen LogP contribution in [-0.4, -0.2) is 73.4 Å². The number of aliphatic hydroxyl groups excluding tert-OH is 1. The molecule has 0 rings (SSSR count). The van der Waals surface area contributed by atoms with Crippen molar-refractivity contribution in [3.05, 3.63) is 97.2 Å². The van der Waals surface area contributed by atoms with Crippen molar-refractivity contribution in [2.45, 2.75) is 334 Å². The maximum Gasteiger partial charge on any atom is 0.472 e. The van der Waals surface area contributed by atoms with E-state index in [0.29, 0.717) is 17.4 Å². The van der Waals surface area contributed by atoms with Crippen molar-refractivity contribution in [3.8, 4) is 0 Å². The summed E-state index contributed by atoms with van der Waals surface area (Å²) in [6, 6.07) is -0.854. The fourth-order valence-electron chi connectivity index (χ4n) is 10.3. The molecule has 0 bridgehead atoms. The maximum absolute atomic E-state index is 13.1. The number of unbranched alkanes of at least 4 members (excludes halogenated alkanes) is 38. The molecule has 0 saturated carbocycles. The van der Waals surface area contributed by atoms with Crippen LogP contribution >= 0.6 is 7.82 Å². The van der Waals surface area contributed by atoms with E-state index in [1.807, 2.05) is 27.2 Å². The summed E-state index contributed by atoms with van der Waals surface area (Å²) in [5.41, 5.74) is 0. The molecule has 0 heterocycles. The number of carbonyl (C=O) groups excluding carboxylic acids is 1. The van der Waals surface area contributed by atoms with Crippen LogP contribution in [0.5, 0.6) is 0 Å². The van der Waals surface area contributed by atoms with Crippen LogP contribution in [-0.2, 0) is 18.4 Å². The van der Waals surface area contributed by atoms with Gasteiger partial charge in [0, 0.05) is 6.42 Å². The number of carbonyl (C=O) groups is 1. The second-order valence-corrected chi connectivity index (χ2v) is 26.7. The van der Waals surface area contributed by atoms with Crippen LogP contribution in [0.2, 0.25) is 0 Å². The van der Waals surface area contributed by atoms with E-state index in [0.717, 1.165) is 83.5 Å². The summed E-state index contributed by atoms with van der Waals surface area (Å²) in [5, 5.41) is 14.0. The monoisotopic (exact) mass is 1190 g/mol. The van der Waals surface area contributed by atoms with Crippen molar-refractivity contribution in [1.82, 2.24) is 5.32 Å². The Labute approximate surface area is 521 Å². The summed E-state index contributed by atoms with van der Waals surface area (Å²) in [6.07, 6.45) is 94.1. The van der Waals surface area contributed by atoms with E-state index in [2.05, 4.69) is 104 Å². The first kappa shape index (κ1) is 81.4. The quantitative estimate of drug-likeness (QED) is 0.0243. The van der Waals surface area contributed by atoms with Crippen LogP contribution < -0.4 is 5.32 Å². The van der Waals surface area contributed by atoms with Gasteiger partial charge in [0.15, 0.2) is 0 Å². The van der Waals surface area contributed by atoms with Crippen LogP contribution in [0.3, 0.4) is 0 Å². The van der Waals surface area contributed by atoms with Crippen LogP contribution in [0.4, 0.5) is 0 Å². The van der Waals surface area contributed by atoms with Crippen molar-refractivity contribution >= 4 is 13.7 Å². The highest BCUT2D eigenvalue weighted by atomic mass is 31.2. The first-order chi connectivity index (χ1) is 41.0. The van der Waals surface area contributed by atoms with Crippen LogP contribution in [0, 0.1) is 0 Å². The summed E-state index contributed by atoms with van der Waals surface area (Å²) in [4.78, 5) is 23.4. The highest BCUT2D eigenvalue weighted by molar-refractivity contribution is 7.47. The fourth-order valence-corrected chi connectivity index (χ4v) is 11.1. The molecule has 0 aliphatic heterocycles. The molecule has 0 saturated heterocycles. The van der Waals surface area contributed by atoms with E-state index in [1.54, 1.807) is 6.08 Å². The van der Waals surface area contributed by atoms with Gasteiger partial charge in [-0.2, -0.15) is 0 Å². The molecule has 0 aromatic rings. The number of allylic oxidation sites excluding steroid dienone is 15. The number of phosphoric acid groups is 1. The predicted molar refractivity (Wildman–Crippen MR) is 369 cm³/mol. The van der Waals surface area contributed by atoms with Crippen LogP contribution in [0.1, 0.15) is 322 Å². The molecule has 9 heteroatoms. The Balaban J connectivity index is 4.09. The highest BCUT2D eigenvalue weighted by Gasteiger charge is 2.28. The predicted octanol–water partition coefficient (Wildman–Crippen LogP) is 22.9. The number of amides is 1. The van der Waals surface area contributed by atoms with E-state index in [-0.39, 0.29) is 19.1 Å². The zero-order chi connectivity index (χ0) is 61.2. The molecule has 0 aliphatic carbocycles. The molecule has 3 N–H and O–H groups in total. The van der Waals surface area contributed by atoms with Gasteiger partial charge in [-0.15, -0.1) is 0 Å². The van der Waals surface area contributed by atoms with E-state index in [1.165, 1.54) is 218 Å². The molecular formula is C75H138N2O6P+. The Kier molecular flexibility index (Phi) is 62.9. The van der Waals surface area contributed by atoms with Gasteiger partial charge in [-0.3, -0.25) is 13.8 Å². The fraction of sp³-hybridized carbons (Fsp3) is 0.773. The minimum Gasteiger partial charge on any atom is -0.387 e.